The summed E-state index contributed by atoms with van der Waals surface area (Å²) in [6.07, 6.45) is 6.58. The Kier molecular flexibility index (Phi) is 7.84. The topological polar surface area (TPSA) is 0 Å². The molecular weight excluding hydrogens is 276 g/mol. The van der Waals surface area contributed by atoms with Crippen LogP contribution in [-0.2, 0) is 5.41 Å². The third kappa shape index (κ3) is 5.66. The summed E-state index contributed by atoms with van der Waals surface area (Å²) < 4.78 is 0. The van der Waals surface area contributed by atoms with Gasteiger partial charge in [-0.15, -0.1) is 0 Å². The van der Waals surface area contributed by atoms with Gasteiger partial charge in [-0.3, -0.25) is 0 Å². The highest BCUT2D eigenvalue weighted by atomic mass is 14.3. The second-order valence-electron chi connectivity index (χ2n) is 8.65. The minimum Gasteiger partial charge on any atom is -0.0654 e. The average molecular weight is 317 g/mol. The quantitative estimate of drug-likeness (QED) is 0.439. The molecule has 0 nitrogen and oxygen atoms in total. The zero-order valence-electron chi connectivity index (χ0n) is 17.0. The average Bonchev–Trinajstić information content (AvgIpc) is 2.46. The maximum Gasteiger partial charge on any atom is -0.0101 e. The van der Waals surface area contributed by atoms with Gasteiger partial charge in [-0.05, 0) is 59.6 Å². The summed E-state index contributed by atoms with van der Waals surface area (Å²) in [5.74, 6) is 2.22. The molecule has 0 N–H and O–H groups in total. The normalized spacial score (nSPS) is 15.0. The predicted molar refractivity (Wildman–Crippen MR) is 105 cm³/mol. The molecule has 1 rings (SSSR count). The second-order valence-corrected chi connectivity index (χ2v) is 8.65. The van der Waals surface area contributed by atoms with Crippen molar-refractivity contribution in [3.63, 3.8) is 0 Å². The molecule has 0 aromatic heterocycles. The Morgan fingerprint density at radius 1 is 1.04 bits per heavy atom. The van der Waals surface area contributed by atoms with Gasteiger partial charge >= 0.3 is 0 Å². The van der Waals surface area contributed by atoms with E-state index in [0.717, 1.165) is 11.8 Å². The summed E-state index contributed by atoms with van der Waals surface area (Å²) in [4.78, 5) is 0. The lowest BCUT2D eigenvalue weighted by atomic mass is 9.74. The van der Waals surface area contributed by atoms with Crippen molar-refractivity contribution >= 4 is 0 Å². The molecule has 0 aliphatic carbocycles. The molecule has 0 fully saturated rings. The van der Waals surface area contributed by atoms with Crippen LogP contribution in [0, 0.1) is 18.8 Å². The first-order chi connectivity index (χ1) is 10.7. The van der Waals surface area contributed by atoms with Gasteiger partial charge in [0.2, 0.25) is 0 Å². The lowest BCUT2D eigenvalue weighted by molar-refractivity contribution is 0.384. The zero-order valence-corrected chi connectivity index (χ0v) is 17.0. The van der Waals surface area contributed by atoms with Gasteiger partial charge in [0.1, 0.15) is 0 Å². The van der Waals surface area contributed by atoms with Crippen molar-refractivity contribution in [1.82, 2.24) is 0 Å². The summed E-state index contributed by atoms with van der Waals surface area (Å²) in [5.41, 5.74) is 4.84. The van der Waals surface area contributed by atoms with Crippen molar-refractivity contribution in [1.29, 1.82) is 0 Å². The summed E-state index contributed by atoms with van der Waals surface area (Å²) in [5, 5.41) is 0. The van der Waals surface area contributed by atoms with Crippen LogP contribution in [0.2, 0.25) is 0 Å². The molecule has 0 aliphatic rings. The van der Waals surface area contributed by atoms with Crippen molar-refractivity contribution < 1.29 is 0 Å². The van der Waals surface area contributed by atoms with Gasteiger partial charge in [0.15, 0.2) is 0 Å². The van der Waals surface area contributed by atoms with E-state index in [1.807, 2.05) is 0 Å². The molecule has 0 heterocycles. The second kappa shape index (κ2) is 8.90. The molecular formula is C23H40. The Morgan fingerprint density at radius 3 is 2.22 bits per heavy atom. The fourth-order valence-corrected chi connectivity index (χ4v) is 4.22. The van der Waals surface area contributed by atoms with E-state index >= 15 is 0 Å². The maximum absolute atomic E-state index is 2.52. The molecule has 23 heavy (non-hydrogen) atoms. The molecule has 0 heteroatoms. The molecule has 1 aromatic carbocycles. The van der Waals surface area contributed by atoms with Crippen LogP contribution in [0.25, 0.3) is 0 Å². The molecule has 0 saturated carbocycles. The Hall–Kier alpha value is -0.780. The van der Waals surface area contributed by atoms with E-state index in [4.69, 9.17) is 0 Å². The third-order valence-electron chi connectivity index (χ3n) is 5.63. The lowest BCUT2D eigenvalue weighted by Crippen LogP contribution is -2.21. The third-order valence-corrected chi connectivity index (χ3v) is 5.63. The van der Waals surface area contributed by atoms with Gasteiger partial charge in [-0.25, -0.2) is 0 Å². The predicted octanol–water partition coefficient (Wildman–Crippen LogP) is 7.64. The van der Waals surface area contributed by atoms with Crippen molar-refractivity contribution in [2.24, 2.45) is 11.8 Å². The van der Waals surface area contributed by atoms with E-state index < -0.39 is 0 Å². The number of hydrogen-bond acceptors (Lipinski definition) is 0. The van der Waals surface area contributed by atoms with Crippen LogP contribution in [0.3, 0.4) is 0 Å². The summed E-state index contributed by atoms with van der Waals surface area (Å²) in [6, 6.07) is 7.24. The van der Waals surface area contributed by atoms with Crippen molar-refractivity contribution in [3.8, 4) is 0 Å². The highest BCUT2D eigenvalue weighted by molar-refractivity contribution is 5.37. The van der Waals surface area contributed by atoms with Gasteiger partial charge in [-0.2, -0.15) is 0 Å². The van der Waals surface area contributed by atoms with E-state index in [2.05, 4.69) is 73.6 Å². The van der Waals surface area contributed by atoms with Gasteiger partial charge in [0, 0.05) is 0 Å². The number of rotatable bonds is 9. The van der Waals surface area contributed by atoms with E-state index in [1.54, 1.807) is 5.56 Å². The van der Waals surface area contributed by atoms with Crippen LogP contribution in [-0.4, -0.2) is 0 Å². The Labute approximate surface area is 146 Å². The number of unbranched alkanes of at least 4 members (excludes halogenated alkanes) is 1. The SMILES string of the molecule is CCCCC(CC)C(C)c1cc(C(C)(C)CC(C)C)ccc1C. The van der Waals surface area contributed by atoms with Crippen molar-refractivity contribution in [3.05, 3.63) is 34.9 Å². The van der Waals surface area contributed by atoms with Gasteiger partial charge < -0.3 is 0 Å². The molecule has 0 bridgehead atoms. The fourth-order valence-electron chi connectivity index (χ4n) is 4.22. The molecule has 0 aliphatic heterocycles. The summed E-state index contributed by atoms with van der Waals surface area (Å²) in [6.45, 7) is 18.9. The molecule has 2 atom stereocenters. The molecule has 0 saturated heterocycles. The molecule has 132 valence electrons. The highest BCUT2D eigenvalue weighted by Gasteiger charge is 2.25. The van der Waals surface area contributed by atoms with E-state index in [-0.39, 0.29) is 5.41 Å². The lowest BCUT2D eigenvalue weighted by Gasteiger charge is -2.30. The number of aryl methyl sites for hydroxylation is 1. The van der Waals surface area contributed by atoms with Crippen LogP contribution in [0.4, 0.5) is 0 Å². The van der Waals surface area contributed by atoms with Crippen molar-refractivity contribution in [2.45, 2.75) is 98.8 Å². The van der Waals surface area contributed by atoms with E-state index in [0.29, 0.717) is 5.92 Å². The number of benzene rings is 1. The summed E-state index contributed by atoms with van der Waals surface area (Å²) in [7, 11) is 0. The van der Waals surface area contributed by atoms with Crippen LogP contribution in [0.5, 0.6) is 0 Å². The minimum absolute atomic E-state index is 0.265. The largest absolute Gasteiger partial charge is 0.0654 e. The van der Waals surface area contributed by atoms with Crippen LogP contribution in [0.1, 0.15) is 103 Å². The zero-order chi connectivity index (χ0) is 17.6. The monoisotopic (exact) mass is 316 g/mol. The molecule has 0 spiro atoms. The van der Waals surface area contributed by atoms with E-state index in [1.165, 1.54) is 43.2 Å². The highest BCUT2D eigenvalue weighted by Crippen LogP contribution is 2.37. The molecule has 2 unspecified atom stereocenters. The first-order valence-electron chi connectivity index (χ1n) is 9.83. The maximum atomic E-state index is 2.52. The molecule has 0 amide bonds. The van der Waals surface area contributed by atoms with Crippen LogP contribution >= 0.6 is 0 Å². The van der Waals surface area contributed by atoms with E-state index in [9.17, 15) is 0 Å². The fraction of sp³-hybridized carbons (Fsp3) is 0.739. The first kappa shape index (κ1) is 20.3. The van der Waals surface area contributed by atoms with Crippen LogP contribution < -0.4 is 0 Å². The smallest absolute Gasteiger partial charge is 0.0101 e. The van der Waals surface area contributed by atoms with Gasteiger partial charge in [0.25, 0.3) is 0 Å². The molecule has 1 aromatic rings. The summed E-state index contributed by atoms with van der Waals surface area (Å²) >= 11 is 0. The first-order valence-corrected chi connectivity index (χ1v) is 9.83. The van der Waals surface area contributed by atoms with Gasteiger partial charge in [0.05, 0.1) is 0 Å². The Bertz CT molecular complexity index is 467. The minimum atomic E-state index is 0.265. The van der Waals surface area contributed by atoms with Gasteiger partial charge in [-0.1, -0.05) is 85.9 Å². The Morgan fingerprint density at radius 2 is 1.70 bits per heavy atom. The molecule has 0 radical (unpaired) electrons. The Balaban J connectivity index is 3.09. The standard InChI is InChI=1S/C23H40/c1-9-11-12-20(10-2)19(6)22-15-21(14-13-18(22)5)23(7,8)16-17(3)4/h13-15,17,19-20H,9-12,16H2,1-8H3. The van der Waals surface area contributed by atoms with Crippen molar-refractivity contribution in [2.75, 3.05) is 0 Å². The van der Waals surface area contributed by atoms with Crippen LogP contribution in [0.15, 0.2) is 18.2 Å². The number of hydrogen-bond donors (Lipinski definition) is 0.